The van der Waals surface area contributed by atoms with E-state index in [4.69, 9.17) is 4.74 Å². The Bertz CT molecular complexity index is 935. The summed E-state index contributed by atoms with van der Waals surface area (Å²) < 4.78 is 5.82. The van der Waals surface area contributed by atoms with E-state index in [0.717, 1.165) is 44.0 Å². The predicted molar refractivity (Wildman–Crippen MR) is 126 cm³/mol. The third-order valence-electron chi connectivity index (χ3n) is 5.83. The molecule has 0 saturated carbocycles. The standard InChI is InChI=1S/C27H32N2O2/c1-22-6-5-7-23(18-22)19-28-14-16-29(17-15-28)20-26(30)21-31-27-12-10-25(11-13-27)24-8-3-2-4-9-24/h2-13,18,26,30H,14-17,19-21H2,1H3. The minimum absolute atomic E-state index is 0.314. The number of ether oxygens (including phenoxy) is 1. The molecule has 3 aromatic rings. The molecule has 0 bridgehead atoms. The Kier molecular flexibility index (Phi) is 7.36. The molecule has 1 aliphatic rings. The van der Waals surface area contributed by atoms with Crippen LogP contribution in [0.25, 0.3) is 11.1 Å². The summed E-state index contributed by atoms with van der Waals surface area (Å²) in [4.78, 5) is 4.82. The minimum atomic E-state index is -0.489. The van der Waals surface area contributed by atoms with Crippen LogP contribution in [0, 0.1) is 6.92 Å². The van der Waals surface area contributed by atoms with Crippen molar-refractivity contribution in [2.24, 2.45) is 0 Å². The molecule has 1 heterocycles. The molecule has 1 atom stereocenters. The summed E-state index contributed by atoms with van der Waals surface area (Å²) in [6, 6.07) is 27.1. The van der Waals surface area contributed by atoms with Gasteiger partial charge in [0.05, 0.1) is 0 Å². The Morgan fingerprint density at radius 2 is 1.48 bits per heavy atom. The first kappa shape index (κ1) is 21.6. The zero-order valence-corrected chi connectivity index (χ0v) is 18.3. The van der Waals surface area contributed by atoms with Crippen LogP contribution in [-0.4, -0.2) is 60.3 Å². The lowest BCUT2D eigenvalue weighted by Crippen LogP contribution is -2.48. The molecule has 3 aromatic carbocycles. The Balaban J connectivity index is 1.18. The zero-order chi connectivity index (χ0) is 21.5. The van der Waals surface area contributed by atoms with Crippen molar-refractivity contribution in [1.29, 1.82) is 0 Å². The van der Waals surface area contributed by atoms with Gasteiger partial charge < -0.3 is 9.84 Å². The highest BCUT2D eigenvalue weighted by Gasteiger charge is 2.19. The van der Waals surface area contributed by atoms with E-state index < -0.39 is 6.10 Å². The second kappa shape index (κ2) is 10.6. The van der Waals surface area contributed by atoms with Gasteiger partial charge in [-0.3, -0.25) is 9.80 Å². The number of aliphatic hydroxyl groups is 1. The van der Waals surface area contributed by atoms with E-state index in [2.05, 4.69) is 65.3 Å². The third kappa shape index (κ3) is 6.41. The van der Waals surface area contributed by atoms with E-state index in [9.17, 15) is 5.11 Å². The summed E-state index contributed by atoms with van der Waals surface area (Å²) in [6.45, 7) is 8.13. The summed E-state index contributed by atoms with van der Waals surface area (Å²) in [5.74, 6) is 0.793. The molecule has 1 unspecified atom stereocenters. The molecule has 1 aliphatic heterocycles. The van der Waals surface area contributed by atoms with E-state index in [1.165, 1.54) is 16.7 Å². The summed E-state index contributed by atoms with van der Waals surface area (Å²) >= 11 is 0. The van der Waals surface area contributed by atoms with Gasteiger partial charge in [-0.1, -0.05) is 72.3 Å². The van der Waals surface area contributed by atoms with Gasteiger partial charge in [-0.15, -0.1) is 0 Å². The molecule has 0 radical (unpaired) electrons. The topological polar surface area (TPSA) is 35.9 Å². The van der Waals surface area contributed by atoms with Crippen molar-refractivity contribution in [2.75, 3.05) is 39.3 Å². The molecule has 0 spiro atoms. The maximum Gasteiger partial charge on any atom is 0.119 e. The van der Waals surface area contributed by atoms with Crippen molar-refractivity contribution in [1.82, 2.24) is 9.80 Å². The van der Waals surface area contributed by atoms with Gasteiger partial charge >= 0.3 is 0 Å². The molecule has 1 fully saturated rings. The fourth-order valence-corrected chi connectivity index (χ4v) is 4.12. The van der Waals surface area contributed by atoms with Crippen molar-refractivity contribution in [3.63, 3.8) is 0 Å². The number of nitrogens with zero attached hydrogens (tertiary/aromatic N) is 2. The van der Waals surface area contributed by atoms with Crippen molar-refractivity contribution < 1.29 is 9.84 Å². The average molecular weight is 417 g/mol. The average Bonchev–Trinajstić information content (AvgIpc) is 2.80. The van der Waals surface area contributed by atoms with E-state index in [-0.39, 0.29) is 0 Å². The Labute approximate surface area is 185 Å². The van der Waals surface area contributed by atoms with Crippen LogP contribution in [0.5, 0.6) is 5.75 Å². The number of piperazine rings is 1. The molecule has 1 N–H and O–H groups in total. The van der Waals surface area contributed by atoms with Gasteiger partial charge in [0.2, 0.25) is 0 Å². The van der Waals surface area contributed by atoms with Crippen LogP contribution < -0.4 is 4.74 Å². The fraction of sp³-hybridized carbons (Fsp3) is 0.333. The van der Waals surface area contributed by atoms with Crippen LogP contribution in [0.15, 0.2) is 78.9 Å². The third-order valence-corrected chi connectivity index (χ3v) is 5.83. The van der Waals surface area contributed by atoms with E-state index >= 15 is 0 Å². The molecule has 4 nitrogen and oxygen atoms in total. The number of aryl methyl sites for hydroxylation is 1. The number of aliphatic hydroxyl groups excluding tert-OH is 1. The maximum absolute atomic E-state index is 10.4. The van der Waals surface area contributed by atoms with E-state index in [1.54, 1.807) is 0 Å². The molecular formula is C27H32N2O2. The van der Waals surface area contributed by atoms with Crippen molar-refractivity contribution in [3.05, 3.63) is 90.0 Å². The van der Waals surface area contributed by atoms with Crippen LogP contribution in [0.2, 0.25) is 0 Å². The summed E-state index contributed by atoms with van der Waals surface area (Å²) in [5, 5.41) is 10.4. The smallest absolute Gasteiger partial charge is 0.119 e. The number of β-amino-alcohol motifs (C(OH)–C–C–N with tert-alkyl or cyclic N) is 1. The second-order valence-electron chi connectivity index (χ2n) is 8.42. The molecular weight excluding hydrogens is 384 g/mol. The molecule has 4 rings (SSSR count). The lowest BCUT2D eigenvalue weighted by Gasteiger charge is -2.35. The summed E-state index contributed by atoms with van der Waals surface area (Å²) in [6.07, 6.45) is -0.489. The maximum atomic E-state index is 10.4. The Hall–Kier alpha value is -2.66. The van der Waals surface area contributed by atoms with Gasteiger partial charge in [-0.25, -0.2) is 0 Å². The molecule has 0 aliphatic carbocycles. The highest BCUT2D eigenvalue weighted by molar-refractivity contribution is 5.63. The molecule has 1 saturated heterocycles. The minimum Gasteiger partial charge on any atom is -0.491 e. The Morgan fingerprint density at radius 3 is 2.19 bits per heavy atom. The first-order valence-corrected chi connectivity index (χ1v) is 11.1. The summed E-state index contributed by atoms with van der Waals surface area (Å²) in [5.41, 5.74) is 5.04. The molecule has 4 heteroatoms. The Morgan fingerprint density at radius 1 is 0.806 bits per heavy atom. The second-order valence-corrected chi connectivity index (χ2v) is 8.42. The van der Waals surface area contributed by atoms with Gasteiger partial charge in [0, 0.05) is 39.3 Å². The highest BCUT2D eigenvalue weighted by Crippen LogP contribution is 2.22. The number of hydrogen-bond donors (Lipinski definition) is 1. The predicted octanol–water partition coefficient (Wildman–Crippen LogP) is 4.22. The van der Waals surface area contributed by atoms with Crippen LogP contribution in [-0.2, 0) is 6.54 Å². The van der Waals surface area contributed by atoms with Crippen LogP contribution in [0.4, 0.5) is 0 Å². The molecule has 0 amide bonds. The number of rotatable bonds is 8. The van der Waals surface area contributed by atoms with Crippen LogP contribution >= 0.6 is 0 Å². The van der Waals surface area contributed by atoms with Gasteiger partial charge in [0.25, 0.3) is 0 Å². The van der Waals surface area contributed by atoms with Crippen LogP contribution in [0.3, 0.4) is 0 Å². The summed E-state index contributed by atoms with van der Waals surface area (Å²) in [7, 11) is 0. The lowest BCUT2D eigenvalue weighted by molar-refractivity contribution is 0.0446. The highest BCUT2D eigenvalue weighted by atomic mass is 16.5. The zero-order valence-electron chi connectivity index (χ0n) is 18.3. The quantitative estimate of drug-likeness (QED) is 0.596. The normalized spacial score (nSPS) is 16.2. The van der Waals surface area contributed by atoms with Gasteiger partial charge in [-0.2, -0.15) is 0 Å². The van der Waals surface area contributed by atoms with E-state index in [1.807, 2.05) is 30.3 Å². The van der Waals surface area contributed by atoms with Crippen molar-refractivity contribution >= 4 is 0 Å². The first-order valence-electron chi connectivity index (χ1n) is 11.1. The number of benzene rings is 3. The number of hydrogen-bond acceptors (Lipinski definition) is 4. The van der Waals surface area contributed by atoms with E-state index in [0.29, 0.717) is 13.2 Å². The molecule has 0 aromatic heterocycles. The van der Waals surface area contributed by atoms with Crippen molar-refractivity contribution in [2.45, 2.75) is 19.6 Å². The van der Waals surface area contributed by atoms with Crippen molar-refractivity contribution in [3.8, 4) is 16.9 Å². The molecule has 162 valence electrons. The van der Waals surface area contributed by atoms with Gasteiger partial charge in [0.1, 0.15) is 18.5 Å². The monoisotopic (exact) mass is 416 g/mol. The van der Waals surface area contributed by atoms with Gasteiger partial charge in [-0.05, 0) is 35.7 Å². The van der Waals surface area contributed by atoms with Gasteiger partial charge in [0.15, 0.2) is 0 Å². The fourth-order valence-electron chi connectivity index (χ4n) is 4.12. The van der Waals surface area contributed by atoms with Crippen LogP contribution in [0.1, 0.15) is 11.1 Å². The SMILES string of the molecule is Cc1cccc(CN2CCN(CC(O)COc3ccc(-c4ccccc4)cc3)CC2)c1. The molecule has 31 heavy (non-hydrogen) atoms. The first-order chi connectivity index (χ1) is 15.2. The largest absolute Gasteiger partial charge is 0.491 e. The lowest BCUT2D eigenvalue weighted by atomic mass is 10.1.